The third kappa shape index (κ3) is 5.03. The van der Waals surface area contributed by atoms with Gasteiger partial charge in [-0.1, -0.05) is 20.3 Å². The van der Waals surface area contributed by atoms with Crippen molar-refractivity contribution in [2.24, 2.45) is 11.8 Å². The number of carboxylic acid groups (broad SMARTS) is 1. The fourth-order valence-corrected chi connectivity index (χ4v) is 3.94. The van der Waals surface area contributed by atoms with Crippen molar-refractivity contribution in [3.63, 3.8) is 0 Å². The largest absolute Gasteiger partial charge is 0.481 e. The summed E-state index contributed by atoms with van der Waals surface area (Å²) in [6.45, 7) is 6.62. The minimum absolute atomic E-state index is 0.104. The van der Waals surface area contributed by atoms with Crippen LogP contribution in [-0.4, -0.2) is 42.9 Å². The summed E-state index contributed by atoms with van der Waals surface area (Å²) in [5.41, 5.74) is 0. The molecule has 1 aliphatic rings. The minimum atomic E-state index is -3.50. The van der Waals surface area contributed by atoms with Gasteiger partial charge < -0.3 is 5.11 Å². The summed E-state index contributed by atoms with van der Waals surface area (Å²) in [6, 6.07) is -0.104. The Balaban J connectivity index is 2.51. The monoisotopic (exact) mass is 306 g/mol. The first-order chi connectivity index (χ1) is 9.26. The molecule has 0 aromatic carbocycles. The van der Waals surface area contributed by atoms with Crippen LogP contribution in [0.5, 0.6) is 0 Å². The fourth-order valence-electron chi connectivity index (χ4n) is 2.49. The van der Waals surface area contributed by atoms with Crippen molar-refractivity contribution >= 4 is 16.2 Å². The number of nitrogens with zero attached hydrogens (tertiary/aromatic N) is 1. The van der Waals surface area contributed by atoms with Gasteiger partial charge in [-0.2, -0.15) is 17.4 Å². The van der Waals surface area contributed by atoms with Gasteiger partial charge >= 0.3 is 5.97 Å². The van der Waals surface area contributed by atoms with E-state index in [-0.39, 0.29) is 19.1 Å². The average Bonchev–Trinajstić information content (AvgIpc) is 2.37. The molecule has 0 aromatic rings. The van der Waals surface area contributed by atoms with Gasteiger partial charge in [0, 0.05) is 19.1 Å². The van der Waals surface area contributed by atoms with Gasteiger partial charge in [0.15, 0.2) is 0 Å². The number of nitrogens with one attached hydrogen (secondary N) is 1. The molecular weight excluding hydrogens is 280 g/mol. The standard InChI is InChI=1S/C13H26N2O4S/c1-4-10(2)9-11(3)14-20(18,19)15-7-5-12(6-8-15)13(16)17/h10-12,14H,4-9H2,1-3H3,(H,16,17). The zero-order valence-electron chi connectivity index (χ0n) is 12.5. The van der Waals surface area contributed by atoms with Crippen LogP contribution in [0.25, 0.3) is 0 Å². The van der Waals surface area contributed by atoms with Gasteiger partial charge in [-0.3, -0.25) is 4.79 Å². The lowest BCUT2D eigenvalue weighted by Gasteiger charge is -2.30. The number of carboxylic acids is 1. The summed E-state index contributed by atoms with van der Waals surface area (Å²) in [5.74, 6) is -0.774. The van der Waals surface area contributed by atoms with Crippen molar-refractivity contribution in [2.75, 3.05) is 13.1 Å². The molecule has 1 saturated heterocycles. The summed E-state index contributed by atoms with van der Waals surface area (Å²) in [7, 11) is -3.50. The summed E-state index contributed by atoms with van der Waals surface area (Å²) < 4.78 is 28.5. The molecule has 0 aliphatic carbocycles. The maximum atomic E-state index is 12.2. The molecule has 0 aromatic heterocycles. The molecule has 1 aliphatic heterocycles. The van der Waals surface area contributed by atoms with Crippen LogP contribution >= 0.6 is 0 Å². The van der Waals surface area contributed by atoms with Crippen LogP contribution in [0.1, 0.15) is 46.5 Å². The van der Waals surface area contributed by atoms with Crippen molar-refractivity contribution in [3.8, 4) is 0 Å². The first kappa shape index (κ1) is 17.4. The molecule has 2 N–H and O–H groups in total. The van der Waals surface area contributed by atoms with Gasteiger partial charge in [-0.25, -0.2) is 0 Å². The van der Waals surface area contributed by atoms with E-state index in [2.05, 4.69) is 18.6 Å². The second-order valence-corrected chi connectivity index (χ2v) is 7.49. The quantitative estimate of drug-likeness (QED) is 0.745. The number of hydrogen-bond acceptors (Lipinski definition) is 3. The first-order valence-corrected chi connectivity index (χ1v) is 8.70. The number of piperidine rings is 1. The maximum Gasteiger partial charge on any atom is 0.306 e. The van der Waals surface area contributed by atoms with E-state index >= 15 is 0 Å². The van der Waals surface area contributed by atoms with Crippen molar-refractivity contribution in [3.05, 3.63) is 0 Å². The van der Waals surface area contributed by atoms with E-state index in [1.807, 2.05) is 6.92 Å². The first-order valence-electron chi connectivity index (χ1n) is 7.26. The number of rotatable bonds is 7. The molecule has 2 unspecified atom stereocenters. The third-order valence-corrected chi connectivity index (χ3v) is 5.69. The lowest BCUT2D eigenvalue weighted by molar-refractivity contribution is -0.142. The van der Waals surface area contributed by atoms with Crippen LogP contribution in [0.4, 0.5) is 0 Å². The molecule has 1 heterocycles. The lowest BCUT2D eigenvalue weighted by Crippen LogP contribution is -2.48. The van der Waals surface area contributed by atoms with E-state index in [4.69, 9.17) is 5.11 Å². The molecule has 20 heavy (non-hydrogen) atoms. The van der Waals surface area contributed by atoms with Gasteiger partial charge in [-0.05, 0) is 32.1 Å². The molecule has 118 valence electrons. The van der Waals surface area contributed by atoms with Gasteiger partial charge in [0.2, 0.25) is 0 Å². The van der Waals surface area contributed by atoms with Crippen molar-refractivity contribution in [1.82, 2.24) is 9.03 Å². The highest BCUT2D eigenvalue weighted by Gasteiger charge is 2.31. The topological polar surface area (TPSA) is 86.7 Å². The highest BCUT2D eigenvalue weighted by molar-refractivity contribution is 7.87. The van der Waals surface area contributed by atoms with Crippen LogP contribution in [0.2, 0.25) is 0 Å². The number of carbonyl (C=O) groups is 1. The Morgan fingerprint density at radius 2 is 1.90 bits per heavy atom. The zero-order chi connectivity index (χ0) is 15.3. The zero-order valence-corrected chi connectivity index (χ0v) is 13.3. The second-order valence-electron chi connectivity index (χ2n) is 5.78. The molecular formula is C13H26N2O4S. The van der Waals surface area contributed by atoms with Gasteiger partial charge in [0.05, 0.1) is 5.92 Å². The Hall–Kier alpha value is -0.660. The van der Waals surface area contributed by atoms with E-state index in [0.29, 0.717) is 18.8 Å². The Kier molecular flexibility index (Phi) is 6.42. The third-order valence-electron chi connectivity index (χ3n) is 3.95. The predicted octanol–water partition coefficient (Wildman–Crippen LogP) is 1.44. The highest BCUT2D eigenvalue weighted by atomic mass is 32.2. The van der Waals surface area contributed by atoms with E-state index in [9.17, 15) is 13.2 Å². The Morgan fingerprint density at radius 3 is 2.35 bits per heavy atom. The molecule has 0 bridgehead atoms. The molecule has 1 rings (SSSR count). The SMILES string of the molecule is CCC(C)CC(C)NS(=O)(=O)N1CCC(C(=O)O)CC1. The number of hydrogen-bond donors (Lipinski definition) is 2. The summed E-state index contributed by atoms with van der Waals surface area (Å²) in [6.07, 6.45) is 2.60. The van der Waals surface area contributed by atoms with Crippen molar-refractivity contribution in [1.29, 1.82) is 0 Å². The second kappa shape index (κ2) is 7.38. The highest BCUT2D eigenvalue weighted by Crippen LogP contribution is 2.20. The van der Waals surface area contributed by atoms with Crippen molar-refractivity contribution < 1.29 is 18.3 Å². The Morgan fingerprint density at radius 1 is 1.35 bits per heavy atom. The normalized spacial score (nSPS) is 21.6. The van der Waals surface area contributed by atoms with Crippen LogP contribution < -0.4 is 4.72 Å². The van der Waals surface area contributed by atoms with Gasteiger partial charge in [0.1, 0.15) is 0 Å². The van der Waals surface area contributed by atoms with E-state index in [1.165, 1.54) is 4.31 Å². The summed E-state index contributed by atoms with van der Waals surface area (Å²) in [5, 5.41) is 8.92. The average molecular weight is 306 g/mol. The molecule has 0 radical (unpaired) electrons. The molecule has 6 nitrogen and oxygen atoms in total. The molecule has 1 fully saturated rings. The smallest absolute Gasteiger partial charge is 0.306 e. The molecule has 2 atom stereocenters. The summed E-state index contributed by atoms with van der Waals surface area (Å²) >= 11 is 0. The predicted molar refractivity (Wildman–Crippen MR) is 77.5 cm³/mol. The molecule has 0 amide bonds. The van der Waals surface area contributed by atoms with Gasteiger partial charge in [-0.15, -0.1) is 0 Å². The van der Waals surface area contributed by atoms with E-state index in [0.717, 1.165) is 12.8 Å². The molecule has 0 saturated carbocycles. The maximum absolute atomic E-state index is 12.2. The van der Waals surface area contributed by atoms with Crippen LogP contribution in [0.3, 0.4) is 0 Å². The Labute approximate surface area is 121 Å². The number of aliphatic carboxylic acids is 1. The van der Waals surface area contributed by atoms with Crippen molar-refractivity contribution in [2.45, 2.75) is 52.5 Å². The molecule has 0 spiro atoms. The lowest BCUT2D eigenvalue weighted by atomic mass is 9.99. The van der Waals surface area contributed by atoms with E-state index < -0.39 is 22.1 Å². The van der Waals surface area contributed by atoms with E-state index in [1.54, 1.807) is 0 Å². The van der Waals surface area contributed by atoms with Crippen LogP contribution in [-0.2, 0) is 15.0 Å². The Bertz CT molecular complexity index is 416. The fraction of sp³-hybridized carbons (Fsp3) is 0.923. The van der Waals surface area contributed by atoms with Gasteiger partial charge in [0.25, 0.3) is 10.2 Å². The summed E-state index contributed by atoms with van der Waals surface area (Å²) in [4.78, 5) is 10.9. The molecule has 7 heteroatoms. The minimum Gasteiger partial charge on any atom is -0.481 e. The van der Waals surface area contributed by atoms with Crippen LogP contribution in [0, 0.1) is 11.8 Å². The van der Waals surface area contributed by atoms with Crippen LogP contribution in [0.15, 0.2) is 0 Å².